The van der Waals surface area contributed by atoms with Gasteiger partial charge in [-0.1, -0.05) is 20.8 Å². The van der Waals surface area contributed by atoms with E-state index in [1.165, 1.54) is 25.7 Å². The van der Waals surface area contributed by atoms with Gasteiger partial charge in [0.05, 0.1) is 12.2 Å². The third-order valence-corrected chi connectivity index (χ3v) is 4.99. The smallest absolute Gasteiger partial charge is 0.147 e. The highest BCUT2D eigenvalue weighted by Gasteiger charge is 2.38. The van der Waals surface area contributed by atoms with Crippen LogP contribution < -0.4 is 5.73 Å². The van der Waals surface area contributed by atoms with E-state index < -0.39 is 0 Å². The van der Waals surface area contributed by atoms with Crippen LogP contribution in [0.3, 0.4) is 0 Å². The molecular formula is C16H31NO2. The number of ether oxygens (including phenoxy) is 2. The molecule has 2 aliphatic carbocycles. The molecule has 3 heteroatoms. The molecule has 2 N–H and O–H groups in total. The zero-order valence-electron chi connectivity index (χ0n) is 12.9. The van der Waals surface area contributed by atoms with Gasteiger partial charge in [-0.2, -0.15) is 0 Å². The average molecular weight is 269 g/mol. The Morgan fingerprint density at radius 2 is 1.74 bits per heavy atom. The molecule has 3 nitrogen and oxygen atoms in total. The van der Waals surface area contributed by atoms with E-state index in [4.69, 9.17) is 15.2 Å². The topological polar surface area (TPSA) is 44.5 Å². The third kappa shape index (κ3) is 4.44. The molecule has 0 spiro atoms. The lowest BCUT2D eigenvalue weighted by Crippen LogP contribution is -2.46. The van der Waals surface area contributed by atoms with Gasteiger partial charge >= 0.3 is 0 Å². The Morgan fingerprint density at radius 1 is 1.11 bits per heavy atom. The second-order valence-electron chi connectivity index (χ2n) is 7.60. The minimum absolute atomic E-state index is 0.120. The summed E-state index contributed by atoms with van der Waals surface area (Å²) >= 11 is 0. The van der Waals surface area contributed by atoms with Crippen LogP contribution in [0.2, 0.25) is 0 Å². The van der Waals surface area contributed by atoms with Crippen molar-refractivity contribution in [1.29, 1.82) is 0 Å². The molecule has 0 heterocycles. The van der Waals surface area contributed by atoms with Crippen molar-refractivity contribution in [2.24, 2.45) is 23.0 Å². The van der Waals surface area contributed by atoms with Gasteiger partial charge in [-0.05, 0) is 55.8 Å². The van der Waals surface area contributed by atoms with E-state index in [1.807, 2.05) is 0 Å². The first-order valence-electron chi connectivity index (χ1n) is 7.87. The summed E-state index contributed by atoms with van der Waals surface area (Å²) in [5.74, 6) is 1.59. The fourth-order valence-corrected chi connectivity index (χ4v) is 3.08. The fourth-order valence-electron chi connectivity index (χ4n) is 3.08. The molecule has 2 rings (SSSR count). The first kappa shape index (κ1) is 15.3. The quantitative estimate of drug-likeness (QED) is 0.594. The number of hydrogen-bond donors (Lipinski definition) is 1. The van der Waals surface area contributed by atoms with Crippen molar-refractivity contribution >= 4 is 0 Å². The molecule has 0 bridgehead atoms. The van der Waals surface area contributed by atoms with Crippen molar-refractivity contribution in [3.8, 4) is 0 Å². The van der Waals surface area contributed by atoms with Crippen LogP contribution in [0.5, 0.6) is 0 Å². The zero-order valence-corrected chi connectivity index (χ0v) is 12.9. The van der Waals surface area contributed by atoms with Crippen molar-refractivity contribution in [2.75, 3.05) is 19.9 Å². The summed E-state index contributed by atoms with van der Waals surface area (Å²) < 4.78 is 11.6. The second kappa shape index (κ2) is 6.11. The predicted molar refractivity (Wildman–Crippen MR) is 77.8 cm³/mol. The lowest BCUT2D eigenvalue weighted by atomic mass is 9.68. The summed E-state index contributed by atoms with van der Waals surface area (Å²) in [5, 5.41) is 0. The zero-order chi connectivity index (χ0) is 13.9. The van der Waals surface area contributed by atoms with Crippen molar-refractivity contribution < 1.29 is 9.47 Å². The summed E-state index contributed by atoms with van der Waals surface area (Å²) in [6.07, 6.45) is 7.27. The largest absolute Gasteiger partial charge is 0.355 e. The molecular weight excluding hydrogens is 238 g/mol. The van der Waals surface area contributed by atoms with E-state index in [2.05, 4.69) is 20.8 Å². The summed E-state index contributed by atoms with van der Waals surface area (Å²) in [6.45, 7) is 8.93. The van der Waals surface area contributed by atoms with Gasteiger partial charge < -0.3 is 15.2 Å². The van der Waals surface area contributed by atoms with Crippen LogP contribution in [0.15, 0.2) is 0 Å². The second-order valence-corrected chi connectivity index (χ2v) is 7.60. The highest BCUT2D eigenvalue weighted by Crippen LogP contribution is 2.42. The Hall–Kier alpha value is -0.120. The first-order chi connectivity index (χ1) is 8.95. The molecule has 0 aromatic heterocycles. The molecule has 2 fully saturated rings. The number of rotatable bonds is 6. The Labute approximate surface area is 118 Å². The highest BCUT2D eigenvalue weighted by molar-refractivity contribution is 4.91. The lowest BCUT2D eigenvalue weighted by Gasteiger charge is -2.43. The summed E-state index contributed by atoms with van der Waals surface area (Å²) in [7, 11) is 0. The fraction of sp³-hybridized carbons (Fsp3) is 1.00. The van der Waals surface area contributed by atoms with Crippen LogP contribution in [0.1, 0.15) is 59.3 Å². The van der Waals surface area contributed by atoms with Crippen LogP contribution in [0.4, 0.5) is 0 Å². The van der Waals surface area contributed by atoms with Crippen molar-refractivity contribution in [3.63, 3.8) is 0 Å². The van der Waals surface area contributed by atoms with Gasteiger partial charge in [0.15, 0.2) is 0 Å². The maximum Gasteiger partial charge on any atom is 0.147 e. The summed E-state index contributed by atoms with van der Waals surface area (Å²) in [4.78, 5) is 0. The molecule has 0 aromatic carbocycles. The maximum absolute atomic E-state index is 6.01. The van der Waals surface area contributed by atoms with Gasteiger partial charge in [0.1, 0.15) is 6.79 Å². The van der Waals surface area contributed by atoms with Gasteiger partial charge in [0.25, 0.3) is 0 Å². The van der Waals surface area contributed by atoms with Crippen LogP contribution in [0, 0.1) is 17.3 Å². The van der Waals surface area contributed by atoms with Gasteiger partial charge in [0.2, 0.25) is 0 Å². The molecule has 2 saturated carbocycles. The van der Waals surface area contributed by atoms with Gasteiger partial charge in [-0.25, -0.2) is 0 Å². The van der Waals surface area contributed by atoms with Gasteiger partial charge in [-0.15, -0.1) is 0 Å². The van der Waals surface area contributed by atoms with E-state index >= 15 is 0 Å². The SMILES string of the molecule is CC(C)(C)C1CCC(CN)(OCOCC2CC2)CC1. The molecule has 0 unspecified atom stereocenters. The summed E-state index contributed by atoms with van der Waals surface area (Å²) in [5.41, 5.74) is 6.25. The molecule has 0 amide bonds. The predicted octanol–water partition coefficient (Wildman–Crippen LogP) is 3.32. The van der Waals surface area contributed by atoms with E-state index in [0.717, 1.165) is 31.3 Å². The molecule has 2 aliphatic rings. The van der Waals surface area contributed by atoms with Crippen LogP contribution in [-0.2, 0) is 9.47 Å². The Balaban J connectivity index is 1.73. The number of nitrogens with two attached hydrogens (primary N) is 1. The molecule has 0 atom stereocenters. The molecule has 19 heavy (non-hydrogen) atoms. The maximum atomic E-state index is 6.01. The van der Waals surface area contributed by atoms with Gasteiger partial charge in [0, 0.05) is 6.54 Å². The van der Waals surface area contributed by atoms with Crippen molar-refractivity contribution in [3.05, 3.63) is 0 Å². The normalized spacial score (nSPS) is 32.5. The third-order valence-electron chi connectivity index (χ3n) is 4.99. The summed E-state index contributed by atoms with van der Waals surface area (Å²) in [6, 6.07) is 0. The van der Waals surface area contributed by atoms with E-state index in [9.17, 15) is 0 Å². The van der Waals surface area contributed by atoms with Crippen LogP contribution >= 0.6 is 0 Å². The Bertz CT molecular complexity index is 273. The van der Waals surface area contributed by atoms with E-state index in [1.54, 1.807) is 0 Å². The molecule has 112 valence electrons. The highest BCUT2D eigenvalue weighted by atomic mass is 16.7. The standard InChI is InChI=1S/C16H31NO2/c1-15(2,3)14-6-8-16(11-17,9-7-14)19-12-18-10-13-4-5-13/h13-14H,4-12,17H2,1-3H3. The molecule has 0 radical (unpaired) electrons. The molecule has 0 aromatic rings. The Morgan fingerprint density at radius 3 is 2.21 bits per heavy atom. The minimum atomic E-state index is -0.120. The minimum Gasteiger partial charge on any atom is -0.355 e. The molecule has 0 saturated heterocycles. The van der Waals surface area contributed by atoms with E-state index in [0.29, 0.717) is 18.8 Å². The van der Waals surface area contributed by atoms with Crippen molar-refractivity contribution in [2.45, 2.75) is 64.9 Å². The number of hydrogen-bond acceptors (Lipinski definition) is 3. The van der Waals surface area contributed by atoms with Crippen LogP contribution in [0.25, 0.3) is 0 Å². The molecule has 0 aliphatic heterocycles. The first-order valence-corrected chi connectivity index (χ1v) is 7.87. The van der Waals surface area contributed by atoms with E-state index in [-0.39, 0.29) is 5.60 Å². The average Bonchev–Trinajstić information content (AvgIpc) is 3.18. The Kier molecular flexibility index (Phi) is 4.91. The lowest BCUT2D eigenvalue weighted by molar-refractivity contribution is -0.159. The monoisotopic (exact) mass is 269 g/mol. The van der Waals surface area contributed by atoms with Crippen molar-refractivity contribution in [1.82, 2.24) is 0 Å². The van der Waals surface area contributed by atoms with Crippen LogP contribution in [-0.4, -0.2) is 25.5 Å². The van der Waals surface area contributed by atoms with Gasteiger partial charge in [-0.3, -0.25) is 0 Å².